The SMILES string of the molecule is CCCNC(C)C(C)c1snc2ccccc12. The van der Waals surface area contributed by atoms with E-state index in [0.717, 1.165) is 12.1 Å². The topological polar surface area (TPSA) is 24.9 Å². The first-order valence-electron chi connectivity index (χ1n) is 6.31. The van der Waals surface area contributed by atoms with Gasteiger partial charge in [0.05, 0.1) is 5.52 Å². The number of hydrogen-bond acceptors (Lipinski definition) is 3. The van der Waals surface area contributed by atoms with Gasteiger partial charge in [-0.15, -0.1) is 0 Å². The molecule has 1 heterocycles. The van der Waals surface area contributed by atoms with Crippen LogP contribution in [0.15, 0.2) is 24.3 Å². The fourth-order valence-electron chi connectivity index (χ4n) is 2.01. The van der Waals surface area contributed by atoms with Crippen molar-refractivity contribution in [3.63, 3.8) is 0 Å². The molecule has 0 aliphatic carbocycles. The highest BCUT2D eigenvalue weighted by Gasteiger charge is 2.18. The average molecular weight is 248 g/mol. The van der Waals surface area contributed by atoms with E-state index in [0.29, 0.717) is 12.0 Å². The molecule has 0 fully saturated rings. The van der Waals surface area contributed by atoms with E-state index in [2.05, 4.69) is 54.7 Å². The highest BCUT2D eigenvalue weighted by molar-refractivity contribution is 7.07. The van der Waals surface area contributed by atoms with Gasteiger partial charge in [0.25, 0.3) is 0 Å². The smallest absolute Gasteiger partial charge is 0.0843 e. The largest absolute Gasteiger partial charge is 0.314 e. The van der Waals surface area contributed by atoms with E-state index in [1.807, 2.05) is 0 Å². The maximum absolute atomic E-state index is 4.52. The lowest BCUT2D eigenvalue weighted by Gasteiger charge is -2.20. The summed E-state index contributed by atoms with van der Waals surface area (Å²) in [5.41, 5.74) is 1.13. The summed E-state index contributed by atoms with van der Waals surface area (Å²) in [5.74, 6) is 0.513. The van der Waals surface area contributed by atoms with Gasteiger partial charge < -0.3 is 5.32 Å². The molecule has 1 aromatic heterocycles. The number of aromatic nitrogens is 1. The van der Waals surface area contributed by atoms with Crippen LogP contribution in [0.1, 0.15) is 38.0 Å². The lowest BCUT2D eigenvalue weighted by atomic mass is 9.99. The van der Waals surface area contributed by atoms with E-state index in [4.69, 9.17) is 0 Å². The summed E-state index contributed by atoms with van der Waals surface area (Å²) < 4.78 is 4.52. The van der Waals surface area contributed by atoms with Crippen molar-refractivity contribution in [3.05, 3.63) is 29.1 Å². The Balaban J connectivity index is 2.21. The summed E-state index contributed by atoms with van der Waals surface area (Å²) in [5, 5.41) is 4.88. The molecule has 0 amide bonds. The summed E-state index contributed by atoms with van der Waals surface area (Å²) in [6.07, 6.45) is 1.18. The molecule has 1 aromatic carbocycles. The van der Waals surface area contributed by atoms with Gasteiger partial charge in [-0.05, 0) is 37.5 Å². The molecule has 0 spiro atoms. The molecule has 0 aliphatic heterocycles. The normalized spacial score (nSPS) is 15.0. The Bertz CT molecular complexity index is 478. The van der Waals surface area contributed by atoms with Crippen molar-refractivity contribution in [3.8, 4) is 0 Å². The summed E-state index contributed by atoms with van der Waals surface area (Å²) >= 11 is 1.64. The third-order valence-electron chi connectivity index (χ3n) is 3.29. The second-order valence-electron chi connectivity index (χ2n) is 4.60. The van der Waals surface area contributed by atoms with E-state index in [9.17, 15) is 0 Å². The number of nitrogens with one attached hydrogen (secondary N) is 1. The summed E-state index contributed by atoms with van der Waals surface area (Å²) in [4.78, 5) is 1.40. The van der Waals surface area contributed by atoms with Crippen LogP contribution >= 0.6 is 11.5 Å². The zero-order valence-corrected chi connectivity index (χ0v) is 11.6. The van der Waals surface area contributed by atoms with Crippen LogP contribution in [0.2, 0.25) is 0 Å². The van der Waals surface area contributed by atoms with Crippen LogP contribution in [0, 0.1) is 0 Å². The van der Waals surface area contributed by atoms with Crippen molar-refractivity contribution in [2.75, 3.05) is 6.54 Å². The van der Waals surface area contributed by atoms with Crippen LogP contribution in [-0.2, 0) is 0 Å². The Morgan fingerprint density at radius 1 is 1.29 bits per heavy atom. The molecule has 3 heteroatoms. The van der Waals surface area contributed by atoms with Crippen molar-refractivity contribution in [2.45, 2.75) is 39.2 Å². The molecular formula is C14H20N2S. The molecule has 2 rings (SSSR count). The first-order chi connectivity index (χ1) is 8.24. The third kappa shape index (κ3) is 2.67. The lowest BCUT2D eigenvalue weighted by Crippen LogP contribution is -2.31. The van der Waals surface area contributed by atoms with E-state index >= 15 is 0 Å². The molecule has 0 bridgehead atoms. The predicted octanol–water partition coefficient (Wildman–Crippen LogP) is 3.79. The first kappa shape index (κ1) is 12.5. The molecule has 17 heavy (non-hydrogen) atoms. The minimum atomic E-state index is 0.499. The zero-order chi connectivity index (χ0) is 12.3. The van der Waals surface area contributed by atoms with Gasteiger partial charge in [0.15, 0.2) is 0 Å². The number of hydrogen-bond donors (Lipinski definition) is 1. The van der Waals surface area contributed by atoms with Crippen LogP contribution in [0.25, 0.3) is 10.9 Å². The molecule has 0 radical (unpaired) electrons. The molecular weight excluding hydrogens is 228 g/mol. The molecule has 1 N–H and O–H groups in total. The van der Waals surface area contributed by atoms with Crippen LogP contribution in [0.3, 0.4) is 0 Å². The zero-order valence-electron chi connectivity index (χ0n) is 10.7. The Kier molecular flexibility index (Phi) is 4.13. The van der Waals surface area contributed by atoms with E-state index < -0.39 is 0 Å². The van der Waals surface area contributed by atoms with Crippen LogP contribution in [0.5, 0.6) is 0 Å². The number of benzene rings is 1. The minimum absolute atomic E-state index is 0.499. The Morgan fingerprint density at radius 2 is 2.06 bits per heavy atom. The van der Waals surface area contributed by atoms with Gasteiger partial charge in [-0.3, -0.25) is 0 Å². The maximum atomic E-state index is 4.52. The van der Waals surface area contributed by atoms with Crippen LogP contribution in [0.4, 0.5) is 0 Å². The second-order valence-corrected chi connectivity index (χ2v) is 5.40. The second kappa shape index (κ2) is 5.61. The van der Waals surface area contributed by atoms with Crippen molar-refractivity contribution in [1.29, 1.82) is 0 Å². The third-order valence-corrected chi connectivity index (χ3v) is 4.37. The highest BCUT2D eigenvalue weighted by atomic mass is 32.1. The van der Waals surface area contributed by atoms with Gasteiger partial charge in [-0.1, -0.05) is 32.0 Å². The van der Waals surface area contributed by atoms with Crippen molar-refractivity contribution >= 4 is 22.4 Å². The standard InChI is InChI=1S/C14H20N2S/c1-4-9-15-11(3)10(2)14-12-7-5-6-8-13(12)16-17-14/h5-8,10-11,15H,4,9H2,1-3H3. The van der Waals surface area contributed by atoms with Crippen molar-refractivity contribution < 1.29 is 0 Å². The first-order valence-corrected chi connectivity index (χ1v) is 7.09. The molecule has 2 atom stereocenters. The quantitative estimate of drug-likeness (QED) is 0.871. The average Bonchev–Trinajstić information content (AvgIpc) is 2.78. The minimum Gasteiger partial charge on any atom is -0.314 e. The molecule has 92 valence electrons. The van der Waals surface area contributed by atoms with Crippen molar-refractivity contribution in [1.82, 2.24) is 9.69 Å². The fourth-order valence-corrected chi connectivity index (χ4v) is 3.01. The molecule has 2 nitrogen and oxygen atoms in total. The molecule has 0 saturated heterocycles. The maximum Gasteiger partial charge on any atom is 0.0843 e. The summed E-state index contributed by atoms with van der Waals surface area (Å²) in [6.45, 7) is 7.83. The molecule has 2 aromatic rings. The van der Waals surface area contributed by atoms with Crippen molar-refractivity contribution in [2.24, 2.45) is 0 Å². The van der Waals surface area contributed by atoms with E-state index in [-0.39, 0.29) is 0 Å². The molecule has 2 unspecified atom stereocenters. The number of rotatable bonds is 5. The number of nitrogens with zero attached hydrogens (tertiary/aromatic N) is 1. The summed E-state index contributed by atoms with van der Waals surface area (Å²) in [7, 11) is 0. The number of fused-ring (bicyclic) bond motifs is 1. The molecule has 0 aliphatic rings. The van der Waals surface area contributed by atoms with Gasteiger partial charge >= 0.3 is 0 Å². The Hall–Kier alpha value is -0.930. The van der Waals surface area contributed by atoms with Gasteiger partial charge in [0, 0.05) is 22.2 Å². The van der Waals surface area contributed by atoms with Crippen LogP contribution in [-0.4, -0.2) is 17.0 Å². The molecule has 0 saturated carbocycles. The van der Waals surface area contributed by atoms with E-state index in [1.165, 1.54) is 16.7 Å². The lowest BCUT2D eigenvalue weighted by molar-refractivity contribution is 0.487. The highest BCUT2D eigenvalue weighted by Crippen LogP contribution is 2.31. The summed E-state index contributed by atoms with van der Waals surface area (Å²) in [6, 6.07) is 8.91. The fraction of sp³-hybridized carbons (Fsp3) is 0.500. The van der Waals surface area contributed by atoms with Gasteiger partial charge in [0.2, 0.25) is 0 Å². The monoisotopic (exact) mass is 248 g/mol. The van der Waals surface area contributed by atoms with Gasteiger partial charge in [-0.2, -0.15) is 4.37 Å². The Morgan fingerprint density at radius 3 is 2.82 bits per heavy atom. The Labute approximate surface area is 107 Å². The predicted molar refractivity (Wildman–Crippen MR) is 75.8 cm³/mol. The van der Waals surface area contributed by atoms with Crippen LogP contribution < -0.4 is 5.32 Å². The van der Waals surface area contributed by atoms with Gasteiger partial charge in [-0.25, -0.2) is 0 Å². The van der Waals surface area contributed by atoms with Gasteiger partial charge in [0.1, 0.15) is 0 Å². The van der Waals surface area contributed by atoms with E-state index in [1.54, 1.807) is 11.5 Å².